The molecule has 146 valence electrons. The molecule has 0 saturated carbocycles. The third-order valence-electron chi connectivity index (χ3n) is 4.94. The van der Waals surface area contributed by atoms with E-state index in [0.29, 0.717) is 25.1 Å². The lowest BCUT2D eigenvalue weighted by molar-refractivity contribution is 0.218. The number of phenols is 2. The molecule has 0 unspecified atom stereocenters. The van der Waals surface area contributed by atoms with E-state index in [-0.39, 0.29) is 37.2 Å². The Hall–Kier alpha value is -2.60. The first-order chi connectivity index (χ1) is 14.3. The molecule has 1 aliphatic rings. The van der Waals surface area contributed by atoms with Gasteiger partial charge in [-0.15, -0.1) is 0 Å². The van der Waals surface area contributed by atoms with Crippen molar-refractivity contribution in [3.05, 3.63) is 41.0 Å². The van der Waals surface area contributed by atoms with Crippen LogP contribution in [0.25, 0.3) is 0 Å². The third kappa shape index (κ3) is 3.76. The number of hydrogen-bond acceptors (Lipinski definition) is 6. The molecule has 0 fully saturated rings. The van der Waals surface area contributed by atoms with Gasteiger partial charge in [-0.25, -0.2) is 0 Å². The van der Waals surface area contributed by atoms with Crippen LogP contribution < -0.4 is 14.2 Å². The molecule has 6 heteroatoms. The predicted octanol–water partition coefficient (Wildman–Crippen LogP) is 3.29. The highest BCUT2D eigenvalue weighted by Crippen LogP contribution is 2.41. The number of nitrogens with zero attached hydrogens (tertiary/aromatic N) is 1. The maximum atomic E-state index is 10.3. The summed E-state index contributed by atoms with van der Waals surface area (Å²) in [4.78, 5) is 1.94. The van der Waals surface area contributed by atoms with Crippen molar-refractivity contribution in [2.24, 2.45) is 0 Å². The van der Waals surface area contributed by atoms with Crippen molar-refractivity contribution >= 4 is 0 Å². The molecule has 3 rings (SSSR count). The van der Waals surface area contributed by atoms with E-state index in [9.17, 15) is 11.6 Å². The van der Waals surface area contributed by atoms with Gasteiger partial charge in [0.15, 0.2) is 23.0 Å². The lowest BCUT2D eigenvalue weighted by atomic mass is 9.88. The fourth-order valence-corrected chi connectivity index (χ4v) is 3.51. The molecular weight excluding hydrogens is 346 g/mol. The molecule has 2 N–H and O–H groups in total. The Bertz CT molecular complexity index is 911. The summed E-state index contributed by atoms with van der Waals surface area (Å²) in [5, 5.41) is 20.5. The van der Waals surface area contributed by atoms with Crippen LogP contribution in [0.4, 0.5) is 0 Å². The van der Waals surface area contributed by atoms with Gasteiger partial charge in [-0.2, -0.15) is 0 Å². The summed E-state index contributed by atoms with van der Waals surface area (Å²) < 4.78 is 39.2. The van der Waals surface area contributed by atoms with Crippen LogP contribution in [0.15, 0.2) is 24.3 Å². The van der Waals surface area contributed by atoms with Crippen LogP contribution in [0.2, 0.25) is 0 Å². The van der Waals surface area contributed by atoms with Crippen LogP contribution in [0.1, 0.15) is 33.2 Å². The number of likely N-dealkylation sites (N-methyl/N-ethyl adjacent to an activating group) is 1. The summed E-state index contributed by atoms with van der Waals surface area (Å²) in [6, 6.07) is 5.52. The van der Waals surface area contributed by atoms with Crippen molar-refractivity contribution in [3.63, 3.8) is 0 Å². The standard InChI is InChI=1S/C21H27NO5/c1-22-8-7-14-11-19(25-2)17(23)12-15(14)16(22)6-5-13-9-18(24)21(27-4)20(10-13)26-3/h9-12,16,23-24H,5-8H2,1-4H3/t16-/m1/s1/i3T,4T,16T. The number of fused-ring (bicyclic) bond motifs is 1. The summed E-state index contributed by atoms with van der Waals surface area (Å²) in [6.45, 7) is 0.694. The quantitative estimate of drug-likeness (QED) is 0.803. The molecule has 1 aliphatic heterocycles. The van der Waals surface area contributed by atoms with Crippen molar-refractivity contribution in [2.75, 3.05) is 34.9 Å². The fourth-order valence-electron chi connectivity index (χ4n) is 3.51. The van der Waals surface area contributed by atoms with Gasteiger partial charge in [0.05, 0.1) is 25.4 Å². The monoisotopic (exact) mass is 379 g/mol. The van der Waals surface area contributed by atoms with Crippen molar-refractivity contribution in [2.45, 2.75) is 25.3 Å². The zero-order valence-corrected chi connectivity index (χ0v) is 15.6. The molecule has 27 heavy (non-hydrogen) atoms. The fraction of sp³-hybridized carbons (Fsp3) is 0.429. The number of benzene rings is 2. The minimum Gasteiger partial charge on any atom is -0.504 e. The number of ether oxygens (including phenoxy) is 3. The molecule has 0 amide bonds. The molecule has 0 saturated heterocycles. The first kappa shape index (κ1) is 15.5. The van der Waals surface area contributed by atoms with Gasteiger partial charge in [-0.05, 0) is 67.3 Å². The summed E-state index contributed by atoms with van der Waals surface area (Å²) in [5.74, 6) is 0.475. The second kappa shape index (κ2) is 7.96. The second-order valence-electron chi connectivity index (χ2n) is 6.53. The molecular formula is C21H27NO5. The molecule has 2 aromatic carbocycles. The highest BCUT2D eigenvalue weighted by Gasteiger charge is 2.26. The number of phenolic OH excluding ortho intramolecular Hbond substituents is 2. The van der Waals surface area contributed by atoms with E-state index in [1.54, 1.807) is 18.2 Å². The van der Waals surface area contributed by atoms with Gasteiger partial charge in [0.25, 0.3) is 0 Å². The van der Waals surface area contributed by atoms with E-state index in [4.69, 9.17) is 17.0 Å². The zero-order chi connectivity index (χ0) is 21.9. The Morgan fingerprint density at radius 1 is 1.11 bits per heavy atom. The molecule has 0 spiro atoms. The van der Waals surface area contributed by atoms with E-state index in [0.717, 1.165) is 23.1 Å². The van der Waals surface area contributed by atoms with Crippen LogP contribution >= 0.6 is 0 Å². The van der Waals surface area contributed by atoms with Crippen LogP contribution in [0, 0.1) is 0 Å². The highest BCUT2D eigenvalue weighted by molar-refractivity contribution is 5.53. The molecule has 1 heterocycles. The van der Waals surface area contributed by atoms with Crippen molar-refractivity contribution < 1.29 is 28.5 Å². The lowest BCUT2D eigenvalue weighted by Crippen LogP contribution is -2.32. The van der Waals surface area contributed by atoms with Gasteiger partial charge in [-0.1, -0.05) is 0 Å². The van der Waals surface area contributed by atoms with Crippen molar-refractivity contribution in [3.8, 4) is 28.7 Å². The van der Waals surface area contributed by atoms with Gasteiger partial charge >= 0.3 is 0 Å². The number of methoxy groups -OCH3 is 3. The molecule has 1 atom stereocenters. The van der Waals surface area contributed by atoms with E-state index in [2.05, 4.69) is 0 Å². The van der Waals surface area contributed by atoms with Gasteiger partial charge < -0.3 is 24.4 Å². The molecule has 0 aromatic heterocycles. The maximum Gasteiger partial charge on any atom is 0.203 e. The zero-order valence-electron chi connectivity index (χ0n) is 18.6. The van der Waals surface area contributed by atoms with E-state index in [1.807, 2.05) is 11.9 Å². The summed E-state index contributed by atoms with van der Waals surface area (Å²) in [7, 11) is 2.65. The van der Waals surface area contributed by atoms with Crippen molar-refractivity contribution in [1.82, 2.24) is 4.90 Å². The molecule has 0 bridgehead atoms. The summed E-state index contributed by atoms with van der Waals surface area (Å²) >= 11 is 0. The Labute approximate surface area is 164 Å². The maximum absolute atomic E-state index is 10.3. The Morgan fingerprint density at radius 3 is 2.67 bits per heavy atom. The largest absolute Gasteiger partial charge is 0.504 e. The first-order valence-corrected chi connectivity index (χ1v) is 8.65. The number of aryl methyl sites for hydroxylation is 1. The van der Waals surface area contributed by atoms with E-state index in [1.165, 1.54) is 13.2 Å². The van der Waals surface area contributed by atoms with Crippen molar-refractivity contribution in [1.29, 1.82) is 0 Å². The smallest absolute Gasteiger partial charge is 0.203 e. The van der Waals surface area contributed by atoms with Crippen LogP contribution in [0.3, 0.4) is 0 Å². The van der Waals surface area contributed by atoms with Gasteiger partial charge in [0.1, 0.15) is 0 Å². The Morgan fingerprint density at radius 2 is 1.93 bits per heavy atom. The summed E-state index contributed by atoms with van der Waals surface area (Å²) in [5.41, 5.74) is 2.42. The van der Waals surface area contributed by atoms with Crippen LogP contribution in [0.5, 0.6) is 28.7 Å². The number of aromatic hydroxyl groups is 2. The lowest BCUT2D eigenvalue weighted by Gasteiger charge is -2.35. The van der Waals surface area contributed by atoms with Crippen LogP contribution in [-0.2, 0) is 12.8 Å². The average molecular weight is 379 g/mol. The van der Waals surface area contributed by atoms with Gasteiger partial charge in [0, 0.05) is 12.6 Å². The Kier molecular flexibility index (Phi) is 4.56. The normalized spacial score (nSPS) is 20.9. The predicted molar refractivity (Wildman–Crippen MR) is 103 cm³/mol. The Balaban J connectivity index is 1.91. The molecule has 6 nitrogen and oxygen atoms in total. The summed E-state index contributed by atoms with van der Waals surface area (Å²) in [6.07, 6.45) is 1.61. The highest BCUT2D eigenvalue weighted by atomic mass is 16.5. The number of rotatable bonds is 6. The average Bonchev–Trinajstić information content (AvgIpc) is 2.72. The third-order valence-corrected chi connectivity index (χ3v) is 4.94. The number of hydrogen-bond donors (Lipinski definition) is 2. The topological polar surface area (TPSA) is 71.4 Å². The first-order valence-electron chi connectivity index (χ1n) is 10.6. The second-order valence-corrected chi connectivity index (χ2v) is 6.53. The molecule has 0 aliphatic carbocycles. The van der Waals surface area contributed by atoms with E-state index < -0.39 is 6.02 Å². The molecule has 0 radical (unpaired) electrons. The minimum atomic E-state index is -1.07. The molecule has 2 aromatic rings. The van der Waals surface area contributed by atoms with Gasteiger partial charge in [0.2, 0.25) is 5.75 Å². The minimum absolute atomic E-state index is 0.00356. The van der Waals surface area contributed by atoms with Crippen LogP contribution in [-0.4, -0.2) is 50.0 Å². The van der Waals surface area contributed by atoms with Gasteiger partial charge in [-0.3, -0.25) is 4.90 Å². The SMILES string of the molecule is [3H]COc1cc(CC[C@]2([3H])c3cc(O)c(OC)cc3CCN2C)cc(O)c1OC[3H]. The van der Waals surface area contributed by atoms with E-state index >= 15 is 0 Å².